The van der Waals surface area contributed by atoms with Gasteiger partial charge in [0.2, 0.25) is 0 Å². The van der Waals surface area contributed by atoms with Gasteiger partial charge in [-0.2, -0.15) is 0 Å². The Morgan fingerprint density at radius 1 is 1.14 bits per heavy atom. The predicted octanol–water partition coefficient (Wildman–Crippen LogP) is 2.36. The Balaban J connectivity index is 1.93. The summed E-state index contributed by atoms with van der Waals surface area (Å²) in [5, 5.41) is 3.43. The predicted molar refractivity (Wildman–Crippen MR) is 90.7 cm³/mol. The van der Waals surface area contributed by atoms with E-state index in [4.69, 9.17) is 0 Å². The lowest BCUT2D eigenvalue weighted by Gasteiger charge is -2.39. The minimum atomic E-state index is 0.678. The quantitative estimate of drug-likeness (QED) is 0.778. The Bertz CT molecular complexity index is 419. The van der Waals surface area contributed by atoms with Crippen molar-refractivity contribution in [3.8, 4) is 0 Å². The monoisotopic (exact) mass is 289 g/mol. The minimum Gasteiger partial charge on any atom is -0.317 e. The molecule has 0 amide bonds. The smallest absolute Gasteiger partial charge is 0.0237 e. The van der Waals surface area contributed by atoms with Crippen LogP contribution in [0.3, 0.4) is 0 Å². The maximum atomic E-state index is 3.43. The second-order valence-electron chi connectivity index (χ2n) is 6.08. The molecule has 3 nitrogen and oxygen atoms in total. The van der Waals surface area contributed by atoms with Crippen LogP contribution < -0.4 is 5.32 Å². The summed E-state index contributed by atoms with van der Waals surface area (Å²) in [6.07, 6.45) is 1.13. The molecular weight excluding hydrogens is 258 g/mol. The van der Waals surface area contributed by atoms with Gasteiger partial charge < -0.3 is 5.32 Å². The molecule has 1 N–H and O–H groups in total. The molecule has 3 heteroatoms. The van der Waals surface area contributed by atoms with Crippen molar-refractivity contribution < 1.29 is 0 Å². The van der Waals surface area contributed by atoms with E-state index in [1.54, 1.807) is 0 Å². The van der Waals surface area contributed by atoms with Gasteiger partial charge in [0.05, 0.1) is 0 Å². The normalized spacial score (nSPS) is 20.8. The van der Waals surface area contributed by atoms with E-state index < -0.39 is 0 Å². The molecule has 1 heterocycles. The lowest BCUT2D eigenvalue weighted by atomic mass is 10.0. The summed E-state index contributed by atoms with van der Waals surface area (Å²) in [5.74, 6) is 0. The fourth-order valence-corrected chi connectivity index (χ4v) is 3.28. The molecule has 0 aromatic heterocycles. The van der Waals surface area contributed by atoms with Gasteiger partial charge in [-0.05, 0) is 44.1 Å². The summed E-state index contributed by atoms with van der Waals surface area (Å²) in [4.78, 5) is 5.19. The van der Waals surface area contributed by atoms with Crippen molar-refractivity contribution in [3.63, 3.8) is 0 Å². The standard InChI is InChI=1S/C18H31N3/c1-4-19-11-10-17-8-6-7-9-18(17)15-20-12-13-21(5-2)16(3)14-20/h6-9,16,19H,4-5,10-15H2,1-3H3. The van der Waals surface area contributed by atoms with E-state index in [9.17, 15) is 0 Å². The largest absolute Gasteiger partial charge is 0.317 e. The second kappa shape index (κ2) is 8.52. The number of benzene rings is 1. The van der Waals surface area contributed by atoms with Crippen LogP contribution in [0.4, 0.5) is 0 Å². The molecule has 1 aromatic rings. The molecular formula is C18H31N3. The molecule has 0 saturated carbocycles. The Labute approximate surface area is 130 Å². The number of nitrogens with zero attached hydrogens (tertiary/aromatic N) is 2. The maximum absolute atomic E-state index is 3.43. The van der Waals surface area contributed by atoms with E-state index in [-0.39, 0.29) is 0 Å². The third-order valence-corrected chi connectivity index (χ3v) is 4.59. The Hall–Kier alpha value is -0.900. The molecule has 1 aromatic carbocycles. The van der Waals surface area contributed by atoms with Gasteiger partial charge in [-0.15, -0.1) is 0 Å². The molecule has 1 fully saturated rings. The van der Waals surface area contributed by atoms with Gasteiger partial charge in [-0.25, -0.2) is 0 Å². The molecule has 0 aliphatic carbocycles. The molecule has 2 rings (SSSR count). The van der Waals surface area contributed by atoms with Crippen molar-refractivity contribution in [2.75, 3.05) is 39.3 Å². The first-order chi connectivity index (χ1) is 10.2. The highest BCUT2D eigenvalue weighted by atomic mass is 15.3. The lowest BCUT2D eigenvalue weighted by molar-refractivity contribution is 0.0833. The maximum Gasteiger partial charge on any atom is 0.0237 e. The van der Waals surface area contributed by atoms with Gasteiger partial charge in [0.25, 0.3) is 0 Å². The third-order valence-electron chi connectivity index (χ3n) is 4.59. The van der Waals surface area contributed by atoms with Gasteiger partial charge in [0.1, 0.15) is 0 Å². The average Bonchev–Trinajstić information content (AvgIpc) is 2.49. The van der Waals surface area contributed by atoms with Crippen LogP contribution in [-0.2, 0) is 13.0 Å². The van der Waals surface area contributed by atoms with Crippen LogP contribution in [0, 0.1) is 0 Å². The molecule has 1 aliphatic heterocycles. The van der Waals surface area contributed by atoms with Gasteiger partial charge in [0.15, 0.2) is 0 Å². The number of hydrogen-bond donors (Lipinski definition) is 1. The molecule has 21 heavy (non-hydrogen) atoms. The molecule has 0 spiro atoms. The van der Waals surface area contributed by atoms with E-state index in [0.29, 0.717) is 6.04 Å². The first-order valence-corrected chi connectivity index (χ1v) is 8.48. The molecule has 118 valence electrons. The third kappa shape index (κ3) is 4.80. The SMILES string of the molecule is CCNCCc1ccccc1CN1CCN(CC)C(C)C1. The van der Waals surface area contributed by atoms with Gasteiger partial charge in [-0.1, -0.05) is 38.1 Å². The molecule has 0 bridgehead atoms. The van der Waals surface area contributed by atoms with Crippen molar-refractivity contribution in [2.24, 2.45) is 0 Å². The van der Waals surface area contributed by atoms with Crippen LogP contribution in [0.2, 0.25) is 0 Å². The van der Waals surface area contributed by atoms with Crippen molar-refractivity contribution in [1.29, 1.82) is 0 Å². The topological polar surface area (TPSA) is 18.5 Å². The van der Waals surface area contributed by atoms with Gasteiger partial charge in [-0.3, -0.25) is 9.80 Å². The van der Waals surface area contributed by atoms with Crippen LogP contribution in [0.5, 0.6) is 0 Å². The Kier molecular flexibility index (Phi) is 6.68. The van der Waals surface area contributed by atoms with Crippen LogP contribution in [0.1, 0.15) is 31.9 Å². The van der Waals surface area contributed by atoms with Crippen LogP contribution >= 0.6 is 0 Å². The summed E-state index contributed by atoms with van der Waals surface area (Å²) < 4.78 is 0. The van der Waals surface area contributed by atoms with E-state index >= 15 is 0 Å². The van der Waals surface area contributed by atoms with Crippen LogP contribution in [-0.4, -0.2) is 55.1 Å². The van der Waals surface area contributed by atoms with E-state index in [1.165, 1.54) is 37.3 Å². The average molecular weight is 289 g/mol. The number of likely N-dealkylation sites (N-methyl/N-ethyl adjacent to an activating group) is 2. The fourth-order valence-electron chi connectivity index (χ4n) is 3.28. The number of nitrogens with one attached hydrogen (secondary N) is 1. The van der Waals surface area contributed by atoms with Crippen molar-refractivity contribution in [1.82, 2.24) is 15.1 Å². The van der Waals surface area contributed by atoms with Crippen molar-refractivity contribution in [3.05, 3.63) is 35.4 Å². The van der Waals surface area contributed by atoms with E-state index in [0.717, 1.165) is 26.1 Å². The molecule has 1 aliphatic rings. The number of hydrogen-bond acceptors (Lipinski definition) is 3. The zero-order chi connectivity index (χ0) is 15.1. The lowest BCUT2D eigenvalue weighted by Crippen LogP contribution is -2.51. The number of rotatable bonds is 7. The van der Waals surface area contributed by atoms with Crippen LogP contribution in [0.15, 0.2) is 24.3 Å². The van der Waals surface area contributed by atoms with E-state index in [1.807, 2.05) is 0 Å². The zero-order valence-electron chi connectivity index (χ0n) is 13.9. The van der Waals surface area contributed by atoms with Crippen LogP contribution in [0.25, 0.3) is 0 Å². The first kappa shape index (κ1) is 16.5. The molecule has 1 unspecified atom stereocenters. The molecule has 0 radical (unpaired) electrons. The highest BCUT2D eigenvalue weighted by Crippen LogP contribution is 2.16. The summed E-state index contributed by atoms with van der Waals surface area (Å²) in [6, 6.07) is 9.62. The second-order valence-corrected chi connectivity index (χ2v) is 6.08. The highest BCUT2D eigenvalue weighted by molar-refractivity contribution is 5.27. The minimum absolute atomic E-state index is 0.678. The number of piperazine rings is 1. The Morgan fingerprint density at radius 3 is 2.57 bits per heavy atom. The fraction of sp³-hybridized carbons (Fsp3) is 0.667. The summed E-state index contributed by atoms with van der Waals surface area (Å²) in [7, 11) is 0. The van der Waals surface area contributed by atoms with Crippen molar-refractivity contribution in [2.45, 2.75) is 39.8 Å². The van der Waals surface area contributed by atoms with Gasteiger partial charge >= 0.3 is 0 Å². The first-order valence-electron chi connectivity index (χ1n) is 8.48. The van der Waals surface area contributed by atoms with Gasteiger partial charge in [0, 0.05) is 32.2 Å². The zero-order valence-corrected chi connectivity index (χ0v) is 13.9. The summed E-state index contributed by atoms with van der Waals surface area (Å²) >= 11 is 0. The molecule has 1 atom stereocenters. The van der Waals surface area contributed by atoms with Crippen molar-refractivity contribution >= 4 is 0 Å². The summed E-state index contributed by atoms with van der Waals surface area (Å²) in [6.45, 7) is 14.8. The molecule has 1 saturated heterocycles. The summed E-state index contributed by atoms with van der Waals surface area (Å²) in [5.41, 5.74) is 3.01. The highest BCUT2D eigenvalue weighted by Gasteiger charge is 2.22. The Morgan fingerprint density at radius 2 is 1.90 bits per heavy atom. The van der Waals surface area contributed by atoms with E-state index in [2.05, 4.69) is 60.2 Å².